The van der Waals surface area contributed by atoms with Crippen LogP contribution < -0.4 is 10.1 Å². The Morgan fingerprint density at radius 1 is 1.13 bits per heavy atom. The SMILES string of the molecule is O=C(Nc1ccc(-c2cn[nH]c2)cc1)C1Cc2ccccc2O1. The third-order valence-corrected chi connectivity index (χ3v) is 3.92. The second-order valence-corrected chi connectivity index (χ2v) is 5.47. The molecular formula is C18H15N3O2. The first-order valence-electron chi connectivity index (χ1n) is 7.44. The highest BCUT2D eigenvalue weighted by Crippen LogP contribution is 2.29. The summed E-state index contributed by atoms with van der Waals surface area (Å²) in [5.41, 5.74) is 3.88. The van der Waals surface area contributed by atoms with Gasteiger partial charge in [0.15, 0.2) is 6.10 Å². The van der Waals surface area contributed by atoms with Crippen LogP contribution in [0.1, 0.15) is 5.56 Å². The van der Waals surface area contributed by atoms with Crippen LogP contribution in [0.15, 0.2) is 60.9 Å². The summed E-state index contributed by atoms with van der Waals surface area (Å²) in [4.78, 5) is 12.3. The van der Waals surface area contributed by atoms with Crippen molar-refractivity contribution in [3.63, 3.8) is 0 Å². The zero-order chi connectivity index (χ0) is 15.6. The van der Waals surface area contributed by atoms with Crippen molar-refractivity contribution in [2.24, 2.45) is 0 Å². The number of fused-ring (bicyclic) bond motifs is 1. The molecule has 1 unspecified atom stereocenters. The monoisotopic (exact) mass is 305 g/mol. The normalized spacial score (nSPS) is 15.7. The number of nitrogens with zero attached hydrogens (tertiary/aromatic N) is 1. The Morgan fingerprint density at radius 3 is 2.70 bits per heavy atom. The van der Waals surface area contributed by atoms with Crippen molar-refractivity contribution in [3.05, 3.63) is 66.5 Å². The van der Waals surface area contributed by atoms with Crippen LogP contribution in [0.25, 0.3) is 11.1 Å². The van der Waals surface area contributed by atoms with Gasteiger partial charge in [0, 0.05) is 23.9 Å². The molecule has 0 fully saturated rings. The van der Waals surface area contributed by atoms with Gasteiger partial charge in [-0.2, -0.15) is 5.10 Å². The summed E-state index contributed by atoms with van der Waals surface area (Å²) in [6.45, 7) is 0. The number of H-pyrrole nitrogens is 1. The van der Waals surface area contributed by atoms with Gasteiger partial charge in [0.25, 0.3) is 5.91 Å². The van der Waals surface area contributed by atoms with E-state index in [9.17, 15) is 4.79 Å². The summed E-state index contributed by atoms with van der Waals surface area (Å²) in [5, 5.41) is 9.62. The molecule has 0 spiro atoms. The maximum absolute atomic E-state index is 12.3. The van der Waals surface area contributed by atoms with Crippen molar-refractivity contribution in [1.29, 1.82) is 0 Å². The number of ether oxygens (including phenoxy) is 1. The summed E-state index contributed by atoms with van der Waals surface area (Å²) in [7, 11) is 0. The first-order valence-corrected chi connectivity index (χ1v) is 7.44. The number of benzene rings is 2. The molecule has 2 heterocycles. The highest BCUT2D eigenvalue weighted by molar-refractivity contribution is 5.95. The number of para-hydroxylation sites is 1. The Kier molecular flexibility index (Phi) is 3.31. The number of aromatic amines is 1. The highest BCUT2D eigenvalue weighted by Gasteiger charge is 2.28. The van der Waals surface area contributed by atoms with Crippen molar-refractivity contribution >= 4 is 11.6 Å². The van der Waals surface area contributed by atoms with Gasteiger partial charge in [-0.25, -0.2) is 0 Å². The molecule has 3 aromatic rings. The minimum absolute atomic E-state index is 0.128. The molecule has 114 valence electrons. The third kappa shape index (κ3) is 2.68. The summed E-state index contributed by atoms with van der Waals surface area (Å²) in [6.07, 6.45) is 3.73. The molecule has 0 aliphatic carbocycles. The number of hydrogen-bond acceptors (Lipinski definition) is 3. The standard InChI is InChI=1S/C18H15N3O2/c22-18(17-9-13-3-1-2-4-16(13)23-17)21-15-7-5-12(6-8-15)14-10-19-20-11-14/h1-8,10-11,17H,9H2,(H,19,20)(H,21,22). The van der Waals surface area contributed by atoms with E-state index < -0.39 is 6.10 Å². The molecular weight excluding hydrogens is 290 g/mol. The molecule has 4 rings (SSSR count). The summed E-state index contributed by atoms with van der Waals surface area (Å²) in [5.74, 6) is 0.667. The number of aromatic nitrogens is 2. The van der Waals surface area contributed by atoms with Crippen molar-refractivity contribution in [1.82, 2.24) is 10.2 Å². The molecule has 0 saturated heterocycles. The van der Waals surface area contributed by atoms with Gasteiger partial charge >= 0.3 is 0 Å². The third-order valence-electron chi connectivity index (χ3n) is 3.92. The molecule has 1 atom stereocenters. The summed E-state index contributed by atoms with van der Waals surface area (Å²) in [6, 6.07) is 15.4. The van der Waals surface area contributed by atoms with E-state index in [4.69, 9.17) is 4.74 Å². The molecule has 5 heteroatoms. The Bertz CT molecular complexity index is 801. The van der Waals surface area contributed by atoms with Crippen LogP contribution in [0.2, 0.25) is 0 Å². The van der Waals surface area contributed by atoms with Gasteiger partial charge in [0.2, 0.25) is 0 Å². The molecule has 23 heavy (non-hydrogen) atoms. The maximum atomic E-state index is 12.3. The van der Waals surface area contributed by atoms with Gasteiger partial charge in [-0.1, -0.05) is 30.3 Å². The van der Waals surface area contributed by atoms with Crippen molar-refractivity contribution in [3.8, 4) is 16.9 Å². The minimum Gasteiger partial charge on any atom is -0.480 e. The zero-order valence-corrected chi connectivity index (χ0v) is 12.3. The van der Waals surface area contributed by atoms with Crippen LogP contribution in [0.3, 0.4) is 0 Å². The fraction of sp³-hybridized carbons (Fsp3) is 0.111. The van der Waals surface area contributed by atoms with E-state index in [2.05, 4.69) is 15.5 Å². The number of nitrogens with one attached hydrogen (secondary N) is 2. The van der Waals surface area contributed by atoms with Gasteiger partial charge < -0.3 is 10.1 Å². The number of carbonyl (C=O) groups excluding carboxylic acids is 1. The Hall–Kier alpha value is -3.08. The quantitative estimate of drug-likeness (QED) is 0.781. The average Bonchev–Trinajstić information content (AvgIpc) is 3.25. The molecule has 5 nitrogen and oxygen atoms in total. The van der Waals surface area contributed by atoms with Crippen LogP contribution in [-0.4, -0.2) is 22.2 Å². The number of amides is 1. The molecule has 0 bridgehead atoms. The van der Waals surface area contributed by atoms with E-state index in [1.54, 1.807) is 6.20 Å². The predicted octanol–water partition coefficient (Wildman–Crippen LogP) is 3.02. The van der Waals surface area contributed by atoms with E-state index in [-0.39, 0.29) is 5.91 Å². The zero-order valence-electron chi connectivity index (χ0n) is 12.3. The molecule has 1 aliphatic rings. The lowest BCUT2D eigenvalue weighted by atomic mass is 10.1. The Morgan fingerprint density at radius 2 is 1.96 bits per heavy atom. The van der Waals surface area contributed by atoms with E-state index in [1.165, 1.54) is 0 Å². The van der Waals surface area contributed by atoms with Gasteiger partial charge in [-0.15, -0.1) is 0 Å². The van der Waals surface area contributed by atoms with Crippen LogP contribution in [0.5, 0.6) is 5.75 Å². The van der Waals surface area contributed by atoms with E-state index in [1.807, 2.05) is 54.7 Å². The van der Waals surface area contributed by atoms with Crippen molar-refractivity contribution in [2.75, 3.05) is 5.32 Å². The average molecular weight is 305 g/mol. The summed E-state index contributed by atoms with van der Waals surface area (Å²) >= 11 is 0. The molecule has 2 aromatic carbocycles. The largest absolute Gasteiger partial charge is 0.480 e. The first-order chi connectivity index (χ1) is 11.3. The topological polar surface area (TPSA) is 67.0 Å². The maximum Gasteiger partial charge on any atom is 0.265 e. The molecule has 2 N–H and O–H groups in total. The van der Waals surface area contributed by atoms with Crippen molar-refractivity contribution in [2.45, 2.75) is 12.5 Å². The van der Waals surface area contributed by atoms with Gasteiger partial charge in [-0.3, -0.25) is 9.89 Å². The van der Waals surface area contributed by atoms with Crippen LogP contribution in [-0.2, 0) is 11.2 Å². The second kappa shape index (κ2) is 5.61. The number of carbonyl (C=O) groups is 1. The fourth-order valence-electron chi connectivity index (χ4n) is 2.71. The lowest BCUT2D eigenvalue weighted by Gasteiger charge is -2.11. The van der Waals surface area contributed by atoms with Crippen molar-refractivity contribution < 1.29 is 9.53 Å². The van der Waals surface area contributed by atoms with E-state index in [0.29, 0.717) is 6.42 Å². The molecule has 1 amide bonds. The van der Waals surface area contributed by atoms with Gasteiger partial charge in [-0.05, 0) is 29.3 Å². The smallest absolute Gasteiger partial charge is 0.265 e. The minimum atomic E-state index is -0.471. The summed E-state index contributed by atoms with van der Waals surface area (Å²) < 4.78 is 5.70. The molecule has 1 aromatic heterocycles. The number of anilines is 1. The molecule has 0 radical (unpaired) electrons. The molecule has 0 saturated carbocycles. The highest BCUT2D eigenvalue weighted by atomic mass is 16.5. The first kappa shape index (κ1) is 13.6. The molecule has 1 aliphatic heterocycles. The van der Waals surface area contributed by atoms with Gasteiger partial charge in [0.1, 0.15) is 5.75 Å². The number of rotatable bonds is 3. The van der Waals surface area contributed by atoms with Crippen LogP contribution in [0, 0.1) is 0 Å². The second-order valence-electron chi connectivity index (χ2n) is 5.47. The lowest BCUT2D eigenvalue weighted by Crippen LogP contribution is -2.31. The van der Waals surface area contributed by atoms with Gasteiger partial charge in [0.05, 0.1) is 6.20 Å². The van der Waals surface area contributed by atoms with Crippen LogP contribution in [0.4, 0.5) is 5.69 Å². The Labute approximate surface area is 133 Å². The fourth-order valence-corrected chi connectivity index (χ4v) is 2.71. The van der Waals surface area contributed by atoms with E-state index >= 15 is 0 Å². The number of hydrogen-bond donors (Lipinski definition) is 2. The van der Waals surface area contributed by atoms with Crippen LogP contribution >= 0.6 is 0 Å². The van der Waals surface area contributed by atoms with E-state index in [0.717, 1.165) is 28.1 Å². The Balaban J connectivity index is 1.44. The lowest BCUT2D eigenvalue weighted by molar-refractivity contribution is -0.122. The predicted molar refractivity (Wildman–Crippen MR) is 87.2 cm³/mol.